The van der Waals surface area contributed by atoms with Crippen LogP contribution in [0.1, 0.15) is 19.4 Å². The molecule has 3 amide bonds. The predicted molar refractivity (Wildman–Crippen MR) is 106 cm³/mol. The fourth-order valence-corrected chi connectivity index (χ4v) is 4.16. The fourth-order valence-electron chi connectivity index (χ4n) is 2.53. The molecule has 0 aromatic carbocycles. The predicted octanol–water partition coefficient (Wildman–Crippen LogP) is 2.42. The van der Waals surface area contributed by atoms with Crippen molar-refractivity contribution in [2.75, 3.05) is 18.4 Å². The van der Waals surface area contributed by atoms with Crippen molar-refractivity contribution in [3.8, 4) is 16.6 Å². The number of anilines is 1. The van der Waals surface area contributed by atoms with E-state index in [9.17, 15) is 14.9 Å². The molecule has 1 fully saturated rings. The minimum absolute atomic E-state index is 0.313. The van der Waals surface area contributed by atoms with Gasteiger partial charge in [0.1, 0.15) is 17.3 Å². The fraction of sp³-hybridized carbons (Fsp3) is 0.312. The summed E-state index contributed by atoms with van der Waals surface area (Å²) in [7, 11) is 0. The summed E-state index contributed by atoms with van der Waals surface area (Å²) in [6.45, 7) is 4.08. The van der Waals surface area contributed by atoms with E-state index in [0.717, 1.165) is 7.76 Å². The van der Waals surface area contributed by atoms with Crippen molar-refractivity contribution >= 4 is 51.8 Å². The first kappa shape index (κ1) is 18.5. The third kappa shape index (κ3) is 3.49. The molecule has 1 saturated heterocycles. The van der Waals surface area contributed by atoms with E-state index in [2.05, 4.69) is 49.3 Å². The molecule has 26 heavy (non-hydrogen) atoms. The molecule has 1 aliphatic heterocycles. The number of thiophene rings is 1. The van der Waals surface area contributed by atoms with Crippen LogP contribution in [-0.2, 0) is 4.79 Å². The Hall–Kier alpha value is -2.26. The third-order valence-electron chi connectivity index (χ3n) is 4.03. The number of halogens is 1. The summed E-state index contributed by atoms with van der Waals surface area (Å²) in [5.41, 5.74) is 0.0927. The van der Waals surface area contributed by atoms with Crippen molar-refractivity contribution in [1.82, 2.24) is 20.2 Å². The first-order valence-electron chi connectivity index (χ1n) is 7.72. The van der Waals surface area contributed by atoms with E-state index in [1.54, 1.807) is 25.2 Å². The van der Waals surface area contributed by atoms with E-state index >= 15 is 0 Å². The van der Waals surface area contributed by atoms with Gasteiger partial charge in [-0.3, -0.25) is 10.1 Å². The molecule has 1 aliphatic rings. The number of aromatic nitrogens is 2. The molecule has 0 saturated carbocycles. The Morgan fingerprint density at radius 2 is 2.19 bits per heavy atom. The smallest absolute Gasteiger partial charge is 0.325 e. The van der Waals surface area contributed by atoms with E-state index < -0.39 is 11.6 Å². The maximum atomic E-state index is 11.9. The van der Waals surface area contributed by atoms with Gasteiger partial charge < -0.3 is 10.2 Å². The van der Waals surface area contributed by atoms with Crippen molar-refractivity contribution in [2.45, 2.75) is 19.4 Å². The second kappa shape index (κ2) is 7.16. The van der Waals surface area contributed by atoms with Gasteiger partial charge in [0.15, 0.2) is 0 Å². The van der Waals surface area contributed by atoms with Crippen LogP contribution in [-0.4, -0.2) is 45.4 Å². The molecule has 10 heteroatoms. The quantitative estimate of drug-likeness (QED) is 0.501. The number of nitriles is 1. The number of hydrogen-bond donors (Lipinski definition) is 2. The molecule has 3 rings (SSSR count). The van der Waals surface area contributed by atoms with E-state index in [4.69, 9.17) is 0 Å². The summed E-state index contributed by atoms with van der Waals surface area (Å²) in [5, 5.41) is 14.6. The topological polar surface area (TPSA) is 111 Å². The van der Waals surface area contributed by atoms with Crippen molar-refractivity contribution in [3.05, 3.63) is 26.8 Å². The molecule has 8 nitrogen and oxygen atoms in total. The molecule has 2 aromatic rings. The lowest BCUT2D eigenvalue weighted by atomic mass is 10.0. The lowest BCUT2D eigenvalue weighted by Gasteiger charge is -2.27. The Labute approximate surface area is 167 Å². The molecule has 0 unspecified atom stereocenters. The number of imide groups is 1. The first-order chi connectivity index (χ1) is 12.3. The highest BCUT2D eigenvalue weighted by molar-refractivity contribution is 14.1. The minimum Gasteiger partial charge on any atom is -0.352 e. The van der Waals surface area contributed by atoms with Crippen molar-refractivity contribution in [3.63, 3.8) is 0 Å². The summed E-state index contributed by atoms with van der Waals surface area (Å²) in [6.07, 6.45) is 1.48. The summed E-state index contributed by atoms with van der Waals surface area (Å²) in [5.74, 6) is 0.0536. The van der Waals surface area contributed by atoms with E-state index in [0.29, 0.717) is 30.3 Å². The van der Waals surface area contributed by atoms with Crippen LogP contribution in [0.3, 0.4) is 0 Å². The number of urea groups is 1. The Bertz CT molecular complexity index is 920. The zero-order valence-corrected chi connectivity index (χ0v) is 17.0. The van der Waals surface area contributed by atoms with Gasteiger partial charge >= 0.3 is 6.03 Å². The lowest BCUT2D eigenvalue weighted by molar-refractivity contribution is -0.125. The van der Waals surface area contributed by atoms with Crippen LogP contribution < -0.4 is 10.6 Å². The molecule has 0 spiro atoms. The molecule has 3 heterocycles. The van der Waals surface area contributed by atoms with Gasteiger partial charge in [0, 0.05) is 13.1 Å². The minimum atomic E-state index is -0.886. The number of amides is 3. The van der Waals surface area contributed by atoms with E-state index in [1.807, 2.05) is 12.1 Å². The largest absolute Gasteiger partial charge is 0.352 e. The molecular formula is C16H15IN6O2S. The van der Waals surface area contributed by atoms with Crippen LogP contribution in [0.4, 0.5) is 10.7 Å². The number of hydrogen-bond acceptors (Lipinski definition) is 7. The van der Waals surface area contributed by atoms with Gasteiger partial charge in [-0.05, 0) is 48.6 Å². The lowest BCUT2D eigenvalue weighted by Crippen LogP contribution is -2.46. The average molecular weight is 482 g/mol. The van der Waals surface area contributed by atoms with Crippen molar-refractivity contribution < 1.29 is 9.59 Å². The van der Waals surface area contributed by atoms with Crippen LogP contribution in [0.25, 0.3) is 10.6 Å². The van der Waals surface area contributed by atoms with Gasteiger partial charge in [-0.15, -0.1) is 11.3 Å². The molecule has 0 aliphatic carbocycles. The summed E-state index contributed by atoms with van der Waals surface area (Å²) in [4.78, 5) is 34.6. The maximum absolute atomic E-state index is 11.9. The molecule has 134 valence electrons. The van der Waals surface area contributed by atoms with Crippen LogP contribution in [0.15, 0.2) is 18.3 Å². The molecule has 2 aromatic heterocycles. The average Bonchev–Trinajstić information content (AvgIpc) is 3.11. The second-order valence-corrected chi connectivity index (χ2v) is 9.05. The van der Waals surface area contributed by atoms with Gasteiger partial charge in [0.2, 0.25) is 5.95 Å². The number of rotatable bonds is 5. The molecule has 0 radical (unpaired) electrons. The van der Waals surface area contributed by atoms with Gasteiger partial charge in [0.25, 0.3) is 5.91 Å². The van der Waals surface area contributed by atoms with E-state index in [1.165, 1.54) is 11.1 Å². The molecule has 0 bridgehead atoms. The van der Waals surface area contributed by atoms with Crippen LogP contribution >= 0.6 is 33.9 Å². The highest BCUT2D eigenvalue weighted by Crippen LogP contribution is 2.30. The number of carbonyl (C=O) groups is 2. The SMILES string of the molecule is CC1(C)C(=O)NC(=O)N1CCNc1ncc(C#N)c(-c2ccc(I)s2)n1. The maximum Gasteiger partial charge on any atom is 0.325 e. The number of nitrogens with one attached hydrogen (secondary N) is 2. The van der Waals surface area contributed by atoms with Gasteiger partial charge in [-0.1, -0.05) is 0 Å². The number of nitrogens with zero attached hydrogens (tertiary/aromatic N) is 4. The monoisotopic (exact) mass is 482 g/mol. The normalized spacial score (nSPS) is 15.7. The molecule has 0 atom stereocenters. The van der Waals surface area contributed by atoms with Gasteiger partial charge in [0.05, 0.1) is 19.5 Å². The summed E-state index contributed by atoms with van der Waals surface area (Å²) < 4.78 is 1.10. The van der Waals surface area contributed by atoms with Crippen molar-refractivity contribution in [1.29, 1.82) is 5.26 Å². The van der Waals surface area contributed by atoms with Crippen molar-refractivity contribution in [2.24, 2.45) is 0 Å². The third-order valence-corrected chi connectivity index (χ3v) is 5.93. The first-order valence-corrected chi connectivity index (χ1v) is 9.62. The van der Waals surface area contributed by atoms with Gasteiger partial charge in [-0.2, -0.15) is 5.26 Å². The van der Waals surface area contributed by atoms with Crippen LogP contribution in [0.5, 0.6) is 0 Å². The number of carbonyl (C=O) groups excluding carboxylic acids is 2. The van der Waals surface area contributed by atoms with Crippen LogP contribution in [0, 0.1) is 14.2 Å². The van der Waals surface area contributed by atoms with Gasteiger partial charge in [-0.25, -0.2) is 14.8 Å². The molecule has 2 N–H and O–H groups in total. The molecular weight excluding hydrogens is 467 g/mol. The second-order valence-electron chi connectivity index (χ2n) is 6.07. The Kier molecular flexibility index (Phi) is 5.10. The van der Waals surface area contributed by atoms with E-state index in [-0.39, 0.29) is 5.91 Å². The Balaban J connectivity index is 1.72. The highest BCUT2D eigenvalue weighted by atomic mass is 127. The Morgan fingerprint density at radius 3 is 2.77 bits per heavy atom. The standard InChI is InChI=1S/C16H15IN6O2S/c1-16(2)13(24)22-15(25)23(16)6-5-19-14-20-8-9(7-18)12(21-14)10-3-4-11(17)26-10/h3-4,8H,5-6H2,1-2H3,(H,19,20,21)(H,22,24,25). The Morgan fingerprint density at radius 1 is 1.42 bits per heavy atom. The highest BCUT2D eigenvalue weighted by Gasteiger charge is 2.44. The van der Waals surface area contributed by atoms with Crippen LogP contribution in [0.2, 0.25) is 0 Å². The summed E-state index contributed by atoms with van der Waals surface area (Å²) >= 11 is 3.76. The zero-order chi connectivity index (χ0) is 18.9. The zero-order valence-electron chi connectivity index (χ0n) is 14.0. The summed E-state index contributed by atoms with van der Waals surface area (Å²) in [6, 6.07) is 5.58.